The van der Waals surface area contributed by atoms with Gasteiger partial charge in [0.15, 0.2) is 6.10 Å². The van der Waals surface area contributed by atoms with E-state index < -0.39 is 18.2 Å². The Morgan fingerprint density at radius 1 is 0.816 bits per heavy atom. The lowest BCUT2D eigenvalue weighted by molar-refractivity contribution is -0.142. The third kappa shape index (κ3) is 7.88. The topological polar surface area (TPSA) is 77.4 Å². The van der Waals surface area contributed by atoms with E-state index >= 15 is 0 Å². The van der Waals surface area contributed by atoms with Crippen LogP contribution in [0.3, 0.4) is 0 Å². The van der Waals surface area contributed by atoms with Crippen molar-refractivity contribution in [2.24, 2.45) is 5.10 Å². The van der Waals surface area contributed by atoms with Crippen molar-refractivity contribution in [1.29, 1.82) is 0 Å². The highest BCUT2D eigenvalue weighted by molar-refractivity contribution is 6.24. The number of carbonyl (C=O) groups excluding carboxylic acids is 2. The van der Waals surface area contributed by atoms with Crippen LogP contribution >= 0.6 is 0 Å². The second-order valence-electron chi connectivity index (χ2n) is 13.9. The van der Waals surface area contributed by atoms with Gasteiger partial charge in [-0.05, 0) is 85.0 Å². The highest BCUT2D eigenvalue weighted by atomic mass is 16.6. The Hall–Kier alpha value is -4.91. The monoisotopic (exact) mass is 660 g/mol. The third-order valence-corrected chi connectivity index (χ3v) is 9.67. The first-order chi connectivity index (χ1) is 23.4. The molecular formula is C42H48N2O5. The lowest BCUT2D eigenvalue weighted by Crippen LogP contribution is -2.37. The van der Waals surface area contributed by atoms with Crippen molar-refractivity contribution in [2.75, 3.05) is 5.01 Å². The molecule has 4 aromatic carbocycles. The van der Waals surface area contributed by atoms with E-state index in [1.54, 1.807) is 18.2 Å². The normalized spacial score (nSPS) is 15.5. The minimum absolute atomic E-state index is 0.0156. The molecule has 1 heterocycles. The molecule has 4 aromatic rings. The number of carbonyl (C=O) groups is 2. The predicted molar refractivity (Wildman–Crippen MR) is 196 cm³/mol. The zero-order valence-corrected chi connectivity index (χ0v) is 29.9. The first-order valence-electron chi connectivity index (χ1n) is 17.2. The van der Waals surface area contributed by atoms with Gasteiger partial charge in [0.25, 0.3) is 5.91 Å². The highest BCUT2D eigenvalue weighted by Crippen LogP contribution is 2.39. The van der Waals surface area contributed by atoms with Crippen molar-refractivity contribution in [2.45, 2.75) is 97.7 Å². The van der Waals surface area contributed by atoms with Crippen LogP contribution in [0.25, 0.3) is 0 Å². The van der Waals surface area contributed by atoms with E-state index in [9.17, 15) is 9.59 Å². The summed E-state index contributed by atoms with van der Waals surface area (Å²) in [5.74, 6) is 0.745. The van der Waals surface area contributed by atoms with E-state index in [0.717, 1.165) is 24.0 Å². The van der Waals surface area contributed by atoms with Crippen molar-refractivity contribution < 1.29 is 23.8 Å². The Bertz CT molecular complexity index is 1810. The Morgan fingerprint density at radius 3 is 2.16 bits per heavy atom. The molecule has 0 bridgehead atoms. The number of anilines is 1. The first-order valence-corrected chi connectivity index (χ1v) is 17.2. The number of nitrogens with zero attached hydrogens (tertiary/aromatic N) is 2. The number of benzene rings is 4. The summed E-state index contributed by atoms with van der Waals surface area (Å²) in [6, 6.07) is 30.1. The molecule has 0 N–H and O–H groups in total. The molecule has 2 unspecified atom stereocenters. The molecule has 5 rings (SSSR count). The van der Waals surface area contributed by atoms with E-state index in [4.69, 9.17) is 19.3 Å². The van der Waals surface area contributed by atoms with Crippen LogP contribution in [0.5, 0.6) is 17.2 Å². The van der Waals surface area contributed by atoms with Gasteiger partial charge in [0.05, 0.1) is 5.69 Å². The fourth-order valence-corrected chi connectivity index (χ4v) is 5.59. The summed E-state index contributed by atoms with van der Waals surface area (Å²) in [5, 5.41) is 6.07. The van der Waals surface area contributed by atoms with Crippen molar-refractivity contribution in [1.82, 2.24) is 0 Å². The molecular weight excluding hydrogens is 612 g/mol. The van der Waals surface area contributed by atoms with Gasteiger partial charge in [0.2, 0.25) is 6.10 Å². The lowest BCUT2D eigenvalue weighted by Gasteiger charge is -2.31. The van der Waals surface area contributed by atoms with Gasteiger partial charge < -0.3 is 14.2 Å². The molecule has 7 heteroatoms. The van der Waals surface area contributed by atoms with Crippen LogP contribution in [0, 0.1) is 6.92 Å². The maximum Gasteiger partial charge on any atom is 0.352 e. The molecule has 256 valence electrons. The zero-order valence-electron chi connectivity index (χ0n) is 29.9. The summed E-state index contributed by atoms with van der Waals surface area (Å²) in [4.78, 5) is 27.4. The number of amides is 1. The Balaban J connectivity index is 1.41. The minimum atomic E-state index is -0.999. The van der Waals surface area contributed by atoms with Crippen molar-refractivity contribution in [3.8, 4) is 17.2 Å². The number of aryl methyl sites for hydroxylation is 1. The number of ether oxygens (including phenoxy) is 3. The van der Waals surface area contributed by atoms with Crippen LogP contribution in [0.15, 0.2) is 102 Å². The fraction of sp³-hybridized carbons (Fsp3) is 0.357. The van der Waals surface area contributed by atoms with Gasteiger partial charge in [0, 0.05) is 11.1 Å². The van der Waals surface area contributed by atoms with Crippen LogP contribution < -0.4 is 19.2 Å². The molecule has 0 aromatic heterocycles. The molecule has 1 amide bonds. The van der Waals surface area contributed by atoms with Crippen LogP contribution in [0.4, 0.5) is 5.69 Å². The molecule has 0 saturated heterocycles. The first kappa shape index (κ1) is 35.4. The highest BCUT2D eigenvalue weighted by Gasteiger charge is 2.40. The average Bonchev–Trinajstić information content (AvgIpc) is 3.43. The molecule has 0 spiro atoms. The SMILES string of the molecule is CCC(Oc1ccc(C(C)(C)CC)cc1C(C)(C)CC)C(=O)Oc1cccc(C2=NN(c3ccccc3)C(=O)C2Oc2ccc(C)cc2)c1. The predicted octanol–water partition coefficient (Wildman–Crippen LogP) is 9.33. The van der Waals surface area contributed by atoms with E-state index in [2.05, 4.69) is 53.7 Å². The second-order valence-corrected chi connectivity index (χ2v) is 13.9. The van der Waals surface area contributed by atoms with Crippen LogP contribution in [-0.2, 0) is 20.4 Å². The summed E-state index contributed by atoms with van der Waals surface area (Å²) >= 11 is 0. The largest absolute Gasteiger partial charge is 0.478 e. The number of hydrazone groups is 1. The third-order valence-electron chi connectivity index (χ3n) is 9.67. The van der Waals surface area contributed by atoms with E-state index in [1.807, 2.05) is 80.6 Å². The van der Waals surface area contributed by atoms with Gasteiger partial charge in [0.1, 0.15) is 23.0 Å². The summed E-state index contributed by atoms with van der Waals surface area (Å²) in [6.07, 6.45) is 0.521. The number of rotatable bonds is 13. The van der Waals surface area contributed by atoms with Gasteiger partial charge in [-0.2, -0.15) is 10.1 Å². The van der Waals surface area contributed by atoms with Crippen LogP contribution in [-0.4, -0.2) is 29.8 Å². The van der Waals surface area contributed by atoms with Crippen molar-refractivity contribution in [3.63, 3.8) is 0 Å². The van der Waals surface area contributed by atoms with E-state index in [0.29, 0.717) is 40.6 Å². The number of hydrogen-bond donors (Lipinski definition) is 0. The summed E-state index contributed by atoms with van der Waals surface area (Å²) in [5.41, 5.74) is 4.90. The quantitative estimate of drug-likeness (QED) is 0.106. The van der Waals surface area contributed by atoms with Crippen molar-refractivity contribution in [3.05, 3.63) is 119 Å². The average molecular weight is 661 g/mol. The summed E-state index contributed by atoms with van der Waals surface area (Å²) < 4.78 is 18.6. The van der Waals surface area contributed by atoms with Gasteiger partial charge in [-0.1, -0.05) is 109 Å². The minimum Gasteiger partial charge on any atom is -0.478 e. The van der Waals surface area contributed by atoms with Gasteiger partial charge in [-0.25, -0.2) is 4.79 Å². The Morgan fingerprint density at radius 2 is 1.51 bits per heavy atom. The van der Waals surface area contributed by atoms with Gasteiger partial charge >= 0.3 is 5.97 Å². The summed E-state index contributed by atoms with van der Waals surface area (Å²) in [7, 11) is 0. The van der Waals surface area contributed by atoms with Crippen LogP contribution in [0.2, 0.25) is 0 Å². The number of esters is 1. The maximum atomic E-state index is 13.7. The number of para-hydroxylation sites is 1. The molecule has 7 nitrogen and oxygen atoms in total. The van der Waals surface area contributed by atoms with Crippen LogP contribution in [0.1, 0.15) is 90.0 Å². The fourth-order valence-electron chi connectivity index (χ4n) is 5.59. The zero-order chi connectivity index (χ0) is 35.3. The Labute approximate surface area is 290 Å². The second kappa shape index (κ2) is 14.7. The van der Waals surface area contributed by atoms with E-state index in [1.165, 1.54) is 10.6 Å². The summed E-state index contributed by atoms with van der Waals surface area (Å²) in [6.45, 7) is 17.2. The molecule has 0 fully saturated rings. The molecule has 0 saturated carbocycles. The molecule has 1 aliphatic rings. The number of hydrogen-bond acceptors (Lipinski definition) is 6. The van der Waals surface area contributed by atoms with E-state index in [-0.39, 0.29) is 16.7 Å². The smallest absolute Gasteiger partial charge is 0.352 e. The standard InChI is InChI=1S/C42H48N2O5/c1-9-35(49-36-25-22-30(41(5,6)10-2)27-34(36)42(7,8)11-3)40(46)48-33-19-15-16-29(26-33)37-38(47-32-23-20-28(4)21-24-32)39(45)44(43-37)31-17-13-12-14-18-31/h12-27,35,38H,9-11H2,1-8H3. The molecule has 0 aliphatic carbocycles. The lowest BCUT2D eigenvalue weighted by atomic mass is 9.76. The van der Waals surface area contributed by atoms with Gasteiger partial charge in [-0.15, -0.1) is 0 Å². The maximum absolute atomic E-state index is 13.7. The molecule has 0 radical (unpaired) electrons. The molecule has 49 heavy (non-hydrogen) atoms. The van der Waals surface area contributed by atoms with Gasteiger partial charge in [-0.3, -0.25) is 4.79 Å². The molecule has 2 atom stereocenters. The molecule has 1 aliphatic heterocycles. The van der Waals surface area contributed by atoms with Crippen molar-refractivity contribution >= 4 is 23.3 Å². The Kier molecular flexibility index (Phi) is 10.6.